The Labute approximate surface area is 112 Å². The first-order valence-corrected chi connectivity index (χ1v) is 6.30. The molecule has 1 aliphatic heterocycles. The predicted octanol–water partition coefficient (Wildman–Crippen LogP) is 0.535. The molecule has 0 bridgehead atoms. The molecule has 6 heteroatoms. The number of aliphatic carboxylic acids is 1. The summed E-state index contributed by atoms with van der Waals surface area (Å²) >= 11 is 0. The van der Waals surface area contributed by atoms with Crippen molar-refractivity contribution in [3.05, 3.63) is 11.1 Å². The van der Waals surface area contributed by atoms with Gasteiger partial charge in [0, 0.05) is 37.2 Å². The summed E-state index contributed by atoms with van der Waals surface area (Å²) in [5.74, 6) is -1.47. The molecule has 1 aliphatic rings. The van der Waals surface area contributed by atoms with E-state index in [0.29, 0.717) is 13.1 Å². The highest BCUT2D eigenvalue weighted by Gasteiger charge is 2.26. The second-order valence-corrected chi connectivity index (χ2v) is 4.85. The van der Waals surface area contributed by atoms with Gasteiger partial charge in [0.25, 0.3) is 0 Å². The fourth-order valence-electron chi connectivity index (χ4n) is 2.12. The molecular formula is C13H20N2O4. The van der Waals surface area contributed by atoms with Gasteiger partial charge >= 0.3 is 5.97 Å². The minimum atomic E-state index is -1.08. The summed E-state index contributed by atoms with van der Waals surface area (Å²) in [6.07, 6.45) is 1.64. The largest absolute Gasteiger partial charge is 0.478 e. The standard InChI is InChI=1S/C13H20N2O4/c1-8(9(2)13(18)19)12(17)15-6-4-5-11(7-15)14-10(3)16/h11H,4-7H2,1-3H3,(H,14,16)(H,18,19). The van der Waals surface area contributed by atoms with Crippen LogP contribution in [0.1, 0.15) is 33.6 Å². The van der Waals surface area contributed by atoms with Gasteiger partial charge in [0.15, 0.2) is 0 Å². The van der Waals surface area contributed by atoms with Gasteiger partial charge in [0.1, 0.15) is 0 Å². The van der Waals surface area contributed by atoms with Gasteiger partial charge < -0.3 is 15.3 Å². The number of carbonyl (C=O) groups excluding carboxylic acids is 2. The Bertz CT molecular complexity index is 428. The van der Waals surface area contributed by atoms with Crippen molar-refractivity contribution in [2.45, 2.75) is 39.7 Å². The van der Waals surface area contributed by atoms with Crippen LogP contribution in [0.5, 0.6) is 0 Å². The molecule has 1 saturated heterocycles. The molecule has 0 radical (unpaired) electrons. The number of nitrogens with one attached hydrogen (secondary N) is 1. The lowest BCUT2D eigenvalue weighted by Gasteiger charge is -2.33. The summed E-state index contributed by atoms with van der Waals surface area (Å²) < 4.78 is 0. The number of carboxylic acids is 1. The first kappa shape index (κ1) is 15.2. The van der Waals surface area contributed by atoms with Crippen LogP contribution in [-0.4, -0.2) is 46.9 Å². The average Bonchev–Trinajstić information content (AvgIpc) is 2.35. The third-order valence-corrected chi connectivity index (χ3v) is 3.32. The number of amides is 2. The SMILES string of the molecule is CC(=O)NC1CCCN(C(=O)C(C)=C(C)C(=O)O)C1. The number of hydrogen-bond donors (Lipinski definition) is 2. The lowest BCUT2D eigenvalue weighted by atomic mass is 10.0. The molecule has 0 aliphatic carbocycles. The van der Waals surface area contributed by atoms with Crippen molar-refractivity contribution in [3.8, 4) is 0 Å². The van der Waals surface area contributed by atoms with Crippen LogP contribution in [0.2, 0.25) is 0 Å². The Morgan fingerprint density at radius 3 is 2.32 bits per heavy atom. The maximum Gasteiger partial charge on any atom is 0.331 e. The molecule has 19 heavy (non-hydrogen) atoms. The van der Waals surface area contributed by atoms with E-state index in [0.717, 1.165) is 12.8 Å². The van der Waals surface area contributed by atoms with E-state index >= 15 is 0 Å². The first-order chi connectivity index (χ1) is 8.82. The Balaban J connectivity index is 2.75. The monoisotopic (exact) mass is 268 g/mol. The molecule has 0 aromatic rings. The molecule has 1 rings (SSSR count). The highest BCUT2D eigenvalue weighted by atomic mass is 16.4. The fourth-order valence-corrected chi connectivity index (χ4v) is 2.12. The molecule has 2 N–H and O–H groups in total. The number of carboxylic acid groups (broad SMARTS) is 1. The summed E-state index contributed by atoms with van der Waals surface area (Å²) in [5, 5.41) is 11.7. The average molecular weight is 268 g/mol. The number of rotatable bonds is 3. The van der Waals surface area contributed by atoms with E-state index in [4.69, 9.17) is 5.11 Å². The lowest BCUT2D eigenvalue weighted by molar-refractivity contribution is -0.134. The van der Waals surface area contributed by atoms with Crippen LogP contribution < -0.4 is 5.32 Å². The van der Waals surface area contributed by atoms with Gasteiger partial charge in [-0.05, 0) is 26.7 Å². The smallest absolute Gasteiger partial charge is 0.331 e. The highest BCUT2D eigenvalue weighted by Crippen LogP contribution is 2.15. The molecule has 6 nitrogen and oxygen atoms in total. The van der Waals surface area contributed by atoms with Crippen molar-refractivity contribution in [3.63, 3.8) is 0 Å². The third kappa shape index (κ3) is 4.08. The van der Waals surface area contributed by atoms with Gasteiger partial charge in [-0.2, -0.15) is 0 Å². The Morgan fingerprint density at radius 1 is 1.16 bits per heavy atom. The van der Waals surface area contributed by atoms with Gasteiger partial charge in [0.2, 0.25) is 11.8 Å². The first-order valence-electron chi connectivity index (χ1n) is 6.30. The molecule has 0 aromatic carbocycles. The number of nitrogens with zero attached hydrogens (tertiary/aromatic N) is 1. The van der Waals surface area contributed by atoms with Gasteiger partial charge in [-0.3, -0.25) is 9.59 Å². The Kier molecular flexibility index (Phi) is 5.09. The van der Waals surface area contributed by atoms with Gasteiger partial charge in [-0.1, -0.05) is 0 Å². The third-order valence-electron chi connectivity index (χ3n) is 3.32. The summed E-state index contributed by atoms with van der Waals surface area (Å²) in [5.41, 5.74) is 0.308. The summed E-state index contributed by atoms with van der Waals surface area (Å²) in [7, 11) is 0. The van der Waals surface area contributed by atoms with Gasteiger partial charge in [-0.15, -0.1) is 0 Å². The van der Waals surface area contributed by atoms with Crippen LogP contribution in [0, 0.1) is 0 Å². The maximum absolute atomic E-state index is 12.2. The second-order valence-electron chi connectivity index (χ2n) is 4.85. The topological polar surface area (TPSA) is 86.7 Å². The summed E-state index contributed by atoms with van der Waals surface area (Å²) in [6, 6.07) is -0.0480. The van der Waals surface area contributed by atoms with E-state index in [1.165, 1.54) is 20.8 Å². The van der Waals surface area contributed by atoms with E-state index in [9.17, 15) is 14.4 Å². The van der Waals surface area contributed by atoms with Crippen molar-refractivity contribution in [2.24, 2.45) is 0 Å². The van der Waals surface area contributed by atoms with Crippen molar-refractivity contribution in [2.75, 3.05) is 13.1 Å². The minimum absolute atomic E-state index is 0.0480. The number of carbonyl (C=O) groups is 3. The molecule has 1 atom stereocenters. The molecule has 0 spiro atoms. The molecule has 1 fully saturated rings. The minimum Gasteiger partial charge on any atom is -0.478 e. The lowest BCUT2D eigenvalue weighted by Crippen LogP contribution is -2.49. The zero-order valence-electron chi connectivity index (χ0n) is 11.5. The number of hydrogen-bond acceptors (Lipinski definition) is 3. The summed E-state index contributed by atoms with van der Waals surface area (Å²) in [4.78, 5) is 35.6. The predicted molar refractivity (Wildman–Crippen MR) is 69.4 cm³/mol. The van der Waals surface area contributed by atoms with Crippen molar-refractivity contribution in [1.82, 2.24) is 10.2 Å². The number of piperidine rings is 1. The fraction of sp³-hybridized carbons (Fsp3) is 0.615. The molecule has 0 saturated carbocycles. The molecular weight excluding hydrogens is 248 g/mol. The van der Waals surface area contributed by atoms with E-state index in [-0.39, 0.29) is 29.0 Å². The van der Waals surface area contributed by atoms with Crippen molar-refractivity contribution < 1.29 is 19.5 Å². The number of likely N-dealkylation sites (tertiary alicyclic amines) is 1. The van der Waals surface area contributed by atoms with Crippen LogP contribution in [0.25, 0.3) is 0 Å². The summed E-state index contributed by atoms with van der Waals surface area (Å²) in [6.45, 7) is 5.42. The highest BCUT2D eigenvalue weighted by molar-refractivity contribution is 6.01. The van der Waals surface area contributed by atoms with Crippen LogP contribution in [0.15, 0.2) is 11.1 Å². The van der Waals surface area contributed by atoms with Crippen molar-refractivity contribution in [1.29, 1.82) is 0 Å². The Hall–Kier alpha value is -1.85. The molecule has 0 aromatic heterocycles. The van der Waals surface area contributed by atoms with E-state index in [1.54, 1.807) is 4.90 Å². The van der Waals surface area contributed by atoms with Gasteiger partial charge in [0.05, 0.1) is 0 Å². The van der Waals surface area contributed by atoms with E-state index < -0.39 is 5.97 Å². The maximum atomic E-state index is 12.2. The molecule has 1 heterocycles. The van der Waals surface area contributed by atoms with Crippen LogP contribution in [0.4, 0.5) is 0 Å². The normalized spacial score (nSPS) is 20.6. The van der Waals surface area contributed by atoms with Crippen LogP contribution in [-0.2, 0) is 14.4 Å². The van der Waals surface area contributed by atoms with Crippen LogP contribution >= 0.6 is 0 Å². The van der Waals surface area contributed by atoms with Gasteiger partial charge in [-0.25, -0.2) is 4.79 Å². The van der Waals surface area contributed by atoms with Crippen molar-refractivity contribution >= 4 is 17.8 Å². The quantitative estimate of drug-likeness (QED) is 0.731. The van der Waals surface area contributed by atoms with E-state index in [2.05, 4.69) is 5.32 Å². The van der Waals surface area contributed by atoms with Crippen LogP contribution in [0.3, 0.4) is 0 Å². The zero-order valence-corrected chi connectivity index (χ0v) is 11.5. The molecule has 2 amide bonds. The second kappa shape index (κ2) is 6.36. The zero-order chi connectivity index (χ0) is 14.6. The van der Waals surface area contributed by atoms with E-state index in [1.807, 2.05) is 0 Å². The Morgan fingerprint density at radius 2 is 1.79 bits per heavy atom. The molecule has 106 valence electrons. The molecule has 1 unspecified atom stereocenters.